The van der Waals surface area contributed by atoms with Gasteiger partial charge in [0.2, 0.25) is 0 Å². The fraction of sp³-hybridized carbons (Fsp3) is 0.600. The molecular formula is C15H28S2Sn3. The van der Waals surface area contributed by atoms with Gasteiger partial charge < -0.3 is 0 Å². The van der Waals surface area contributed by atoms with Gasteiger partial charge in [-0.05, 0) is 0 Å². The zero-order chi connectivity index (χ0) is 15.5. The monoisotopic (exact) mass is 632 g/mol. The second-order valence-corrected chi connectivity index (χ2v) is 56.0. The van der Waals surface area contributed by atoms with Crippen molar-refractivity contribution < 1.29 is 0 Å². The van der Waals surface area contributed by atoms with Gasteiger partial charge in [-0.1, -0.05) is 0 Å². The fourth-order valence-corrected chi connectivity index (χ4v) is 40.7. The van der Waals surface area contributed by atoms with Gasteiger partial charge in [0.1, 0.15) is 0 Å². The van der Waals surface area contributed by atoms with E-state index in [-0.39, 0.29) is 0 Å². The van der Waals surface area contributed by atoms with Crippen LogP contribution in [0.5, 0.6) is 0 Å². The van der Waals surface area contributed by atoms with Crippen molar-refractivity contribution >= 4 is 96.6 Å². The molecule has 2 heterocycles. The summed E-state index contributed by atoms with van der Waals surface area (Å²) in [5.74, 6) is 0. The van der Waals surface area contributed by atoms with E-state index in [1.807, 2.05) is 6.47 Å². The van der Waals surface area contributed by atoms with Gasteiger partial charge in [-0.2, -0.15) is 0 Å². The van der Waals surface area contributed by atoms with Gasteiger partial charge in [-0.25, -0.2) is 0 Å². The number of hydrogen-bond donors (Lipinski definition) is 0. The molecule has 0 aliphatic carbocycles. The maximum atomic E-state index is 2.61. The van der Waals surface area contributed by atoms with Gasteiger partial charge in [0.15, 0.2) is 0 Å². The molecule has 0 spiro atoms. The predicted molar refractivity (Wildman–Crippen MR) is 109 cm³/mol. The van der Waals surface area contributed by atoms with Gasteiger partial charge in [-0.15, -0.1) is 0 Å². The van der Waals surface area contributed by atoms with Crippen molar-refractivity contribution in [3.05, 3.63) is 6.07 Å². The van der Waals surface area contributed by atoms with E-state index >= 15 is 0 Å². The van der Waals surface area contributed by atoms with Gasteiger partial charge in [0.05, 0.1) is 0 Å². The van der Waals surface area contributed by atoms with Crippen molar-refractivity contribution in [2.24, 2.45) is 0 Å². The van der Waals surface area contributed by atoms with Crippen LogP contribution in [0.3, 0.4) is 0 Å². The van der Waals surface area contributed by atoms with Gasteiger partial charge in [0.25, 0.3) is 0 Å². The molecule has 0 nitrogen and oxygen atoms in total. The molecule has 0 aromatic carbocycles. The molecule has 0 N–H and O–H groups in total. The Labute approximate surface area is 145 Å². The Morgan fingerprint density at radius 1 is 0.700 bits per heavy atom. The second kappa shape index (κ2) is 5.85. The predicted octanol–water partition coefficient (Wildman–Crippen LogP) is 4.60. The standard InChI is InChI=1S/C6HS2.9CH3.3Sn/c1-3-7-6-2-4-8-5(1)6;;;;;;;;;;;;/h1H;9*1H3;;;. The third kappa shape index (κ3) is 3.75. The van der Waals surface area contributed by atoms with E-state index in [4.69, 9.17) is 0 Å². The zero-order valence-corrected chi connectivity index (χ0v) is 24.6. The molecule has 0 radical (unpaired) electrons. The van der Waals surface area contributed by atoms with Crippen LogP contribution < -0.4 is 9.37 Å². The fourth-order valence-electron chi connectivity index (χ4n) is 2.47. The third-order valence-electron chi connectivity index (χ3n) is 3.53. The van der Waals surface area contributed by atoms with Crippen LogP contribution in [0.1, 0.15) is 0 Å². The average molecular weight is 629 g/mol. The number of hydrogen-bond acceptors (Lipinski definition) is 2. The number of thiophene rings is 2. The van der Waals surface area contributed by atoms with E-state index in [9.17, 15) is 0 Å². The Morgan fingerprint density at radius 3 is 1.65 bits per heavy atom. The first kappa shape index (κ1) is 18.4. The maximum absolute atomic E-state index is 2.61. The summed E-state index contributed by atoms with van der Waals surface area (Å²) in [6, 6.07) is 2.59. The second-order valence-electron chi connectivity index (χ2n) is 8.86. The summed E-state index contributed by atoms with van der Waals surface area (Å²) in [4.78, 5) is 23.3. The van der Waals surface area contributed by atoms with Crippen molar-refractivity contribution in [1.82, 2.24) is 0 Å². The Bertz CT molecular complexity index is 631. The van der Waals surface area contributed by atoms with E-state index < -0.39 is 55.1 Å². The SMILES string of the molecule is [CH3][Sn]([CH3])([CH3])[c]1cc2s[c]([Sn]([CH3])([CH3])[CH3])[c]([Sn]([CH3])([CH3])[CH3])c2s1. The minimum absolute atomic E-state index is 1.64. The first-order chi connectivity index (χ1) is 8.82. The molecule has 112 valence electrons. The molecule has 5 heteroatoms. The number of rotatable bonds is 3. The van der Waals surface area contributed by atoms with Crippen molar-refractivity contribution in [2.75, 3.05) is 0 Å². The van der Waals surface area contributed by atoms with Gasteiger partial charge in [0, 0.05) is 0 Å². The van der Waals surface area contributed by atoms with Gasteiger partial charge >= 0.3 is 147 Å². The molecule has 0 bridgehead atoms. The summed E-state index contributed by atoms with van der Waals surface area (Å²) in [5, 5.41) is 0. The summed E-state index contributed by atoms with van der Waals surface area (Å²) in [5.41, 5.74) is 0. The molecule has 0 amide bonds. The van der Waals surface area contributed by atoms with Gasteiger partial charge in [-0.3, -0.25) is 0 Å². The summed E-state index contributed by atoms with van der Waals surface area (Å²) in [7, 11) is 0. The molecule has 0 atom stereocenters. The third-order valence-corrected chi connectivity index (χ3v) is 33.6. The molecule has 0 unspecified atom stereocenters. The minimum atomic E-state index is -2.03. The molecule has 20 heavy (non-hydrogen) atoms. The Balaban J connectivity index is 2.77. The normalized spacial score (nSPS) is 14.2. The molecule has 2 aromatic heterocycles. The Kier molecular flexibility index (Phi) is 5.38. The van der Waals surface area contributed by atoms with E-state index in [1.165, 1.54) is 0 Å². The summed E-state index contributed by atoms with van der Waals surface area (Å²) in [6.07, 6.45) is 0. The van der Waals surface area contributed by atoms with E-state index in [2.05, 4.69) is 73.2 Å². The molecule has 2 aromatic rings. The topological polar surface area (TPSA) is 0 Å². The van der Waals surface area contributed by atoms with E-state index in [1.54, 1.807) is 12.3 Å². The zero-order valence-electron chi connectivity index (χ0n) is 14.4. The molecular weight excluding hydrogens is 600 g/mol. The first-order valence-electron chi connectivity index (χ1n) is 7.39. The Morgan fingerprint density at radius 2 is 1.25 bits per heavy atom. The van der Waals surface area contributed by atoms with Crippen LogP contribution >= 0.6 is 22.7 Å². The number of fused-ring (bicyclic) bond motifs is 1. The first-order valence-corrected chi connectivity index (χ1v) is 39.0. The van der Waals surface area contributed by atoms with E-state index in [0.29, 0.717) is 0 Å². The van der Waals surface area contributed by atoms with Crippen LogP contribution in [0.25, 0.3) is 9.40 Å². The van der Waals surface area contributed by atoms with Crippen LogP contribution in [-0.4, -0.2) is 55.1 Å². The van der Waals surface area contributed by atoms with Crippen LogP contribution in [0.15, 0.2) is 6.07 Å². The van der Waals surface area contributed by atoms with E-state index in [0.717, 1.165) is 0 Å². The molecule has 0 saturated carbocycles. The molecule has 0 fully saturated rings. The Hall–Kier alpha value is 2.06. The average Bonchev–Trinajstić information content (AvgIpc) is 2.66. The van der Waals surface area contributed by atoms with Crippen LogP contribution in [-0.2, 0) is 0 Å². The van der Waals surface area contributed by atoms with Crippen molar-refractivity contribution in [3.63, 3.8) is 0 Å². The molecule has 0 aliphatic rings. The molecule has 2 rings (SSSR count). The molecule has 0 aliphatic heterocycles. The summed E-state index contributed by atoms with van der Waals surface area (Å²) in [6.45, 7) is 0. The molecule has 0 saturated heterocycles. The van der Waals surface area contributed by atoms with Crippen molar-refractivity contribution in [3.8, 4) is 0 Å². The van der Waals surface area contributed by atoms with Crippen LogP contribution in [0.2, 0.25) is 44.5 Å². The van der Waals surface area contributed by atoms with Crippen LogP contribution in [0.4, 0.5) is 0 Å². The van der Waals surface area contributed by atoms with Crippen molar-refractivity contribution in [1.29, 1.82) is 0 Å². The van der Waals surface area contributed by atoms with Crippen molar-refractivity contribution in [2.45, 2.75) is 44.5 Å². The quantitative estimate of drug-likeness (QED) is 0.437. The summed E-state index contributed by atoms with van der Waals surface area (Å²) >= 11 is -1.54. The van der Waals surface area contributed by atoms with Crippen LogP contribution in [0, 0.1) is 0 Å². The summed E-state index contributed by atoms with van der Waals surface area (Å²) < 4.78 is 8.93.